The first-order valence-electron chi connectivity index (χ1n) is 7.24. The summed E-state index contributed by atoms with van der Waals surface area (Å²) in [6, 6.07) is 8.63. The van der Waals surface area contributed by atoms with Crippen LogP contribution >= 0.6 is 0 Å². The average molecular weight is 265 g/mol. The van der Waals surface area contributed by atoms with E-state index in [1.54, 1.807) is 7.11 Å². The lowest BCUT2D eigenvalue weighted by molar-refractivity contribution is 0.111. The quantitative estimate of drug-likeness (QED) is 0.660. The fraction of sp³-hybridized carbons (Fsp3) is 0.625. The molecule has 0 bridgehead atoms. The molecule has 3 heteroatoms. The number of rotatable bonds is 10. The molecule has 1 rings (SSSR count). The predicted molar refractivity (Wildman–Crippen MR) is 79.9 cm³/mol. The van der Waals surface area contributed by atoms with E-state index < -0.39 is 0 Å². The monoisotopic (exact) mass is 265 g/mol. The Kier molecular flexibility index (Phi) is 8.26. The van der Waals surface area contributed by atoms with Gasteiger partial charge in [-0.05, 0) is 43.5 Å². The molecule has 108 valence electrons. The van der Waals surface area contributed by atoms with Crippen LogP contribution in [0.25, 0.3) is 0 Å². The Morgan fingerprint density at radius 2 is 2.05 bits per heavy atom. The summed E-state index contributed by atoms with van der Waals surface area (Å²) in [7, 11) is 1.70. The van der Waals surface area contributed by atoms with Crippen LogP contribution in [-0.2, 0) is 11.2 Å². The first kappa shape index (κ1) is 16.0. The van der Waals surface area contributed by atoms with Crippen LogP contribution in [0.3, 0.4) is 0 Å². The highest BCUT2D eigenvalue weighted by atomic mass is 16.5. The SMILES string of the molecule is CCCNC(COCCC)Cc1cccc(OC)c1. The molecule has 0 radical (unpaired) electrons. The van der Waals surface area contributed by atoms with Gasteiger partial charge in [0.1, 0.15) is 5.75 Å². The van der Waals surface area contributed by atoms with Gasteiger partial charge in [0, 0.05) is 12.6 Å². The molecule has 0 amide bonds. The number of nitrogens with one attached hydrogen (secondary N) is 1. The number of ether oxygens (including phenoxy) is 2. The van der Waals surface area contributed by atoms with Crippen molar-refractivity contribution >= 4 is 0 Å². The third-order valence-electron chi connectivity index (χ3n) is 2.97. The molecule has 1 aromatic carbocycles. The Morgan fingerprint density at radius 1 is 1.21 bits per heavy atom. The third-order valence-corrected chi connectivity index (χ3v) is 2.97. The summed E-state index contributed by atoms with van der Waals surface area (Å²) >= 11 is 0. The molecule has 1 atom stereocenters. The van der Waals surface area contributed by atoms with Gasteiger partial charge < -0.3 is 14.8 Å². The van der Waals surface area contributed by atoms with Crippen LogP contribution < -0.4 is 10.1 Å². The van der Waals surface area contributed by atoms with E-state index in [1.165, 1.54) is 5.56 Å². The van der Waals surface area contributed by atoms with Crippen LogP contribution in [0.2, 0.25) is 0 Å². The lowest BCUT2D eigenvalue weighted by atomic mass is 10.1. The fourth-order valence-corrected chi connectivity index (χ4v) is 1.99. The summed E-state index contributed by atoms with van der Waals surface area (Å²) in [6.07, 6.45) is 3.18. The lowest BCUT2D eigenvalue weighted by Crippen LogP contribution is -2.36. The summed E-state index contributed by atoms with van der Waals surface area (Å²) in [5.41, 5.74) is 1.29. The first-order valence-corrected chi connectivity index (χ1v) is 7.24. The molecule has 19 heavy (non-hydrogen) atoms. The van der Waals surface area contributed by atoms with Crippen molar-refractivity contribution in [3.63, 3.8) is 0 Å². The van der Waals surface area contributed by atoms with Crippen LogP contribution in [0.4, 0.5) is 0 Å². The van der Waals surface area contributed by atoms with E-state index in [-0.39, 0.29) is 0 Å². The zero-order valence-electron chi connectivity index (χ0n) is 12.4. The molecule has 0 saturated heterocycles. The molecule has 0 aliphatic carbocycles. The van der Waals surface area contributed by atoms with Crippen LogP contribution in [-0.4, -0.2) is 32.9 Å². The van der Waals surface area contributed by atoms with Crippen molar-refractivity contribution in [1.29, 1.82) is 0 Å². The predicted octanol–water partition coefficient (Wildman–Crippen LogP) is 3.03. The van der Waals surface area contributed by atoms with Crippen molar-refractivity contribution in [2.75, 3.05) is 26.9 Å². The molecule has 1 N–H and O–H groups in total. The highest BCUT2D eigenvalue weighted by Gasteiger charge is 2.09. The summed E-state index contributed by atoms with van der Waals surface area (Å²) < 4.78 is 10.9. The minimum atomic E-state index is 0.374. The summed E-state index contributed by atoms with van der Waals surface area (Å²) in [5.74, 6) is 0.918. The average Bonchev–Trinajstić information content (AvgIpc) is 2.45. The van der Waals surface area contributed by atoms with E-state index in [2.05, 4.69) is 31.3 Å². The van der Waals surface area contributed by atoms with Gasteiger partial charge in [-0.1, -0.05) is 26.0 Å². The first-order chi connectivity index (χ1) is 9.30. The molecule has 0 spiro atoms. The maximum atomic E-state index is 5.68. The highest BCUT2D eigenvalue weighted by Crippen LogP contribution is 2.14. The second-order valence-corrected chi connectivity index (χ2v) is 4.78. The lowest BCUT2D eigenvalue weighted by Gasteiger charge is -2.19. The van der Waals surface area contributed by atoms with Gasteiger partial charge in [0.05, 0.1) is 13.7 Å². The zero-order valence-corrected chi connectivity index (χ0v) is 12.4. The maximum absolute atomic E-state index is 5.68. The van der Waals surface area contributed by atoms with Gasteiger partial charge in [-0.2, -0.15) is 0 Å². The summed E-state index contributed by atoms with van der Waals surface area (Å²) in [6.45, 7) is 6.95. The van der Waals surface area contributed by atoms with Crippen molar-refractivity contribution in [2.24, 2.45) is 0 Å². The van der Waals surface area contributed by atoms with E-state index in [4.69, 9.17) is 9.47 Å². The normalized spacial score (nSPS) is 12.4. The van der Waals surface area contributed by atoms with Crippen molar-refractivity contribution in [3.8, 4) is 5.75 Å². The second-order valence-electron chi connectivity index (χ2n) is 4.78. The number of benzene rings is 1. The van der Waals surface area contributed by atoms with E-state index in [0.717, 1.165) is 44.8 Å². The molecule has 0 aliphatic heterocycles. The Labute approximate surface area is 117 Å². The van der Waals surface area contributed by atoms with Crippen molar-refractivity contribution in [2.45, 2.75) is 39.2 Å². The van der Waals surface area contributed by atoms with Crippen molar-refractivity contribution < 1.29 is 9.47 Å². The van der Waals surface area contributed by atoms with Gasteiger partial charge in [0.2, 0.25) is 0 Å². The van der Waals surface area contributed by atoms with Gasteiger partial charge in [0.15, 0.2) is 0 Å². The largest absolute Gasteiger partial charge is 0.497 e. The molecule has 0 heterocycles. The van der Waals surface area contributed by atoms with Crippen LogP contribution in [0.15, 0.2) is 24.3 Å². The Morgan fingerprint density at radius 3 is 2.74 bits per heavy atom. The minimum absolute atomic E-state index is 0.374. The van der Waals surface area contributed by atoms with Crippen LogP contribution in [0.1, 0.15) is 32.3 Å². The Balaban J connectivity index is 2.53. The number of methoxy groups -OCH3 is 1. The standard InChI is InChI=1S/C16H27NO2/c1-4-9-17-15(13-19-10-5-2)11-14-7-6-8-16(12-14)18-3/h6-8,12,15,17H,4-5,9-11,13H2,1-3H3. The van der Waals surface area contributed by atoms with Gasteiger partial charge in [-0.15, -0.1) is 0 Å². The minimum Gasteiger partial charge on any atom is -0.497 e. The third kappa shape index (κ3) is 6.60. The van der Waals surface area contributed by atoms with E-state index in [1.807, 2.05) is 12.1 Å². The molecule has 0 fully saturated rings. The summed E-state index contributed by atoms with van der Waals surface area (Å²) in [5, 5.41) is 3.55. The van der Waals surface area contributed by atoms with Gasteiger partial charge >= 0.3 is 0 Å². The topological polar surface area (TPSA) is 30.5 Å². The molecule has 0 aliphatic rings. The smallest absolute Gasteiger partial charge is 0.119 e. The van der Waals surface area contributed by atoms with E-state index >= 15 is 0 Å². The van der Waals surface area contributed by atoms with E-state index in [0.29, 0.717) is 6.04 Å². The molecule has 3 nitrogen and oxygen atoms in total. The summed E-state index contributed by atoms with van der Waals surface area (Å²) in [4.78, 5) is 0. The number of hydrogen-bond donors (Lipinski definition) is 1. The maximum Gasteiger partial charge on any atom is 0.119 e. The molecule has 0 aromatic heterocycles. The highest BCUT2D eigenvalue weighted by molar-refractivity contribution is 5.28. The Bertz CT molecular complexity index is 341. The van der Waals surface area contributed by atoms with Crippen molar-refractivity contribution in [3.05, 3.63) is 29.8 Å². The molecule has 0 saturated carbocycles. The molecule has 1 unspecified atom stereocenters. The van der Waals surface area contributed by atoms with Gasteiger partial charge in [0.25, 0.3) is 0 Å². The van der Waals surface area contributed by atoms with Crippen LogP contribution in [0.5, 0.6) is 5.75 Å². The fourth-order valence-electron chi connectivity index (χ4n) is 1.99. The van der Waals surface area contributed by atoms with Crippen LogP contribution in [0, 0.1) is 0 Å². The number of hydrogen-bond acceptors (Lipinski definition) is 3. The molecule has 1 aromatic rings. The Hall–Kier alpha value is -1.06. The van der Waals surface area contributed by atoms with E-state index in [9.17, 15) is 0 Å². The van der Waals surface area contributed by atoms with Gasteiger partial charge in [-0.25, -0.2) is 0 Å². The van der Waals surface area contributed by atoms with Crippen molar-refractivity contribution in [1.82, 2.24) is 5.32 Å². The van der Waals surface area contributed by atoms with Gasteiger partial charge in [-0.3, -0.25) is 0 Å². The molecular formula is C16H27NO2. The second kappa shape index (κ2) is 9.82. The molecular weight excluding hydrogens is 238 g/mol. The zero-order chi connectivity index (χ0) is 13.9.